The van der Waals surface area contributed by atoms with Crippen LogP contribution in [0.2, 0.25) is 0 Å². The number of hydrogen-bond donors (Lipinski definition) is 1. The lowest BCUT2D eigenvalue weighted by Gasteiger charge is -2.10. The molecule has 1 N–H and O–H groups in total. The highest BCUT2D eigenvalue weighted by Crippen LogP contribution is 2.10. The van der Waals surface area contributed by atoms with Gasteiger partial charge in [-0.25, -0.2) is 9.98 Å². The molecule has 0 aromatic heterocycles. The first kappa shape index (κ1) is 13.4. The van der Waals surface area contributed by atoms with Gasteiger partial charge < -0.3 is 5.32 Å². The van der Waals surface area contributed by atoms with Gasteiger partial charge in [0, 0.05) is 18.1 Å². The summed E-state index contributed by atoms with van der Waals surface area (Å²) in [4.78, 5) is 7.85. The normalized spacial score (nSPS) is 13.3. The van der Waals surface area contributed by atoms with E-state index in [1.54, 1.807) is 12.4 Å². The number of hydrogen-bond acceptors (Lipinski definition) is 2. The molecule has 0 amide bonds. The van der Waals surface area contributed by atoms with Crippen molar-refractivity contribution in [3.63, 3.8) is 0 Å². The first-order valence-corrected chi connectivity index (χ1v) is 4.87. The lowest BCUT2D eigenvalue weighted by molar-refractivity contribution is 0.782. The highest BCUT2D eigenvalue weighted by Gasteiger charge is 2.03. The van der Waals surface area contributed by atoms with Crippen molar-refractivity contribution in [3.05, 3.63) is 36.8 Å². The second-order valence-electron chi connectivity index (χ2n) is 3.31. The molecule has 0 aliphatic rings. The minimum absolute atomic E-state index is 0.401. The van der Waals surface area contributed by atoms with Crippen LogP contribution in [0.25, 0.3) is 0 Å². The van der Waals surface area contributed by atoms with E-state index in [4.69, 9.17) is 0 Å². The smallest absolute Gasteiger partial charge is 0.115 e. The maximum absolute atomic E-state index is 4.07. The zero-order valence-corrected chi connectivity index (χ0v) is 9.70. The van der Waals surface area contributed by atoms with Crippen molar-refractivity contribution in [2.75, 3.05) is 0 Å². The van der Waals surface area contributed by atoms with Crippen LogP contribution in [0.15, 0.2) is 46.8 Å². The molecule has 3 heteroatoms. The Balaban J connectivity index is 4.74. The molecular weight excluding hydrogens is 186 g/mol. The summed E-state index contributed by atoms with van der Waals surface area (Å²) in [6.07, 6.45) is 6.37. The van der Waals surface area contributed by atoms with Crippen LogP contribution >= 0.6 is 0 Å². The van der Waals surface area contributed by atoms with Gasteiger partial charge in [-0.2, -0.15) is 0 Å². The third kappa shape index (κ3) is 5.62. The summed E-state index contributed by atoms with van der Waals surface area (Å²) >= 11 is 0. The molecule has 0 unspecified atom stereocenters. The Bertz CT molecular complexity index is 296. The Hall–Kier alpha value is -1.64. The fraction of sp³-hybridized carbons (Fsp3) is 0.333. The standard InChI is InChI=1S/C12H19N3/c1-6-13-9-14-8-12(10(3)4)11(5)15-7-2/h6-10,15H,1-2H2,3-5H3. The van der Waals surface area contributed by atoms with Gasteiger partial charge in [0.25, 0.3) is 0 Å². The Morgan fingerprint density at radius 2 is 1.93 bits per heavy atom. The van der Waals surface area contributed by atoms with Crippen molar-refractivity contribution in [2.45, 2.75) is 20.8 Å². The van der Waals surface area contributed by atoms with E-state index < -0.39 is 0 Å². The van der Waals surface area contributed by atoms with E-state index in [2.05, 4.69) is 42.3 Å². The molecule has 0 bridgehead atoms. The lowest BCUT2D eigenvalue weighted by Crippen LogP contribution is -2.09. The Morgan fingerprint density at radius 3 is 2.40 bits per heavy atom. The van der Waals surface area contributed by atoms with Crippen LogP contribution < -0.4 is 5.32 Å². The molecule has 0 fully saturated rings. The highest BCUT2D eigenvalue weighted by atomic mass is 14.9. The van der Waals surface area contributed by atoms with E-state index in [0.29, 0.717) is 5.92 Å². The summed E-state index contributed by atoms with van der Waals surface area (Å²) in [5.41, 5.74) is 2.18. The molecular formula is C12H19N3. The van der Waals surface area contributed by atoms with Crippen molar-refractivity contribution in [2.24, 2.45) is 15.9 Å². The maximum Gasteiger partial charge on any atom is 0.115 e. The Kier molecular flexibility index (Phi) is 6.89. The predicted octanol–water partition coefficient (Wildman–Crippen LogP) is 2.89. The van der Waals surface area contributed by atoms with Gasteiger partial charge in [-0.1, -0.05) is 27.0 Å². The van der Waals surface area contributed by atoms with Crippen LogP contribution in [-0.4, -0.2) is 12.6 Å². The average molecular weight is 205 g/mol. The van der Waals surface area contributed by atoms with E-state index in [1.807, 2.05) is 6.92 Å². The zero-order chi connectivity index (χ0) is 11.7. The van der Waals surface area contributed by atoms with Crippen LogP contribution in [0.5, 0.6) is 0 Å². The third-order valence-electron chi connectivity index (χ3n) is 1.83. The minimum atomic E-state index is 0.401. The van der Waals surface area contributed by atoms with Crippen LogP contribution in [-0.2, 0) is 0 Å². The molecule has 15 heavy (non-hydrogen) atoms. The van der Waals surface area contributed by atoms with Gasteiger partial charge in [0.1, 0.15) is 6.34 Å². The molecule has 0 saturated heterocycles. The van der Waals surface area contributed by atoms with Gasteiger partial charge in [0.2, 0.25) is 0 Å². The third-order valence-corrected chi connectivity index (χ3v) is 1.83. The molecule has 0 rings (SSSR count). The molecule has 0 heterocycles. The molecule has 0 atom stereocenters. The number of rotatable bonds is 6. The van der Waals surface area contributed by atoms with Crippen molar-refractivity contribution >= 4 is 12.6 Å². The Morgan fingerprint density at radius 1 is 1.27 bits per heavy atom. The van der Waals surface area contributed by atoms with E-state index >= 15 is 0 Å². The molecule has 82 valence electrons. The number of allylic oxidation sites excluding steroid dienone is 2. The predicted molar refractivity (Wildman–Crippen MR) is 68.1 cm³/mol. The monoisotopic (exact) mass is 205 g/mol. The van der Waals surface area contributed by atoms with Gasteiger partial charge in [-0.15, -0.1) is 0 Å². The lowest BCUT2D eigenvalue weighted by atomic mass is 10.0. The first-order chi connectivity index (χ1) is 7.13. The van der Waals surface area contributed by atoms with Crippen LogP contribution in [0.3, 0.4) is 0 Å². The van der Waals surface area contributed by atoms with Crippen LogP contribution in [0, 0.1) is 5.92 Å². The van der Waals surface area contributed by atoms with Gasteiger partial charge in [0.05, 0.1) is 0 Å². The van der Waals surface area contributed by atoms with Crippen LogP contribution in [0.1, 0.15) is 20.8 Å². The summed E-state index contributed by atoms with van der Waals surface area (Å²) in [7, 11) is 0. The summed E-state index contributed by atoms with van der Waals surface area (Å²) in [5.74, 6) is 0.401. The van der Waals surface area contributed by atoms with Gasteiger partial charge in [0.15, 0.2) is 0 Å². The molecule has 0 aromatic carbocycles. The topological polar surface area (TPSA) is 36.8 Å². The fourth-order valence-electron chi connectivity index (χ4n) is 1.11. The fourth-order valence-corrected chi connectivity index (χ4v) is 1.11. The van der Waals surface area contributed by atoms with Gasteiger partial charge in [-0.3, -0.25) is 0 Å². The number of aliphatic imine (C=N–C) groups is 2. The van der Waals surface area contributed by atoms with Crippen LogP contribution in [0.4, 0.5) is 0 Å². The first-order valence-electron chi connectivity index (χ1n) is 4.87. The molecule has 0 aliphatic heterocycles. The van der Waals surface area contributed by atoms with E-state index in [0.717, 1.165) is 11.3 Å². The SMILES string of the molecule is C=CN=CN=CC(=C(C)NC=C)C(C)C. The second-order valence-corrected chi connectivity index (χ2v) is 3.31. The van der Waals surface area contributed by atoms with E-state index in [-0.39, 0.29) is 0 Å². The van der Waals surface area contributed by atoms with E-state index in [9.17, 15) is 0 Å². The van der Waals surface area contributed by atoms with E-state index in [1.165, 1.54) is 12.5 Å². The Labute approximate surface area is 92.0 Å². The highest BCUT2D eigenvalue weighted by molar-refractivity contribution is 5.86. The summed E-state index contributed by atoms with van der Waals surface area (Å²) < 4.78 is 0. The van der Waals surface area contributed by atoms with Gasteiger partial charge >= 0.3 is 0 Å². The molecule has 0 saturated carbocycles. The molecule has 0 spiro atoms. The van der Waals surface area contributed by atoms with Crippen molar-refractivity contribution in [3.8, 4) is 0 Å². The zero-order valence-electron chi connectivity index (χ0n) is 9.70. The number of nitrogens with zero attached hydrogens (tertiary/aromatic N) is 2. The number of nitrogens with one attached hydrogen (secondary N) is 1. The quantitative estimate of drug-likeness (QED) is 0.525. The average Bonchev–Trinajstić information content (AvgIpc) is 2.17. The second kappa shape index (κ2) is 7.74. The minimum Gasteiger partial charge on any atom is -0.366 e. The summed E-state index contributed by atoms with van der Waals surface area (Å²) in [6, 6.07) is 0. The van der Waals surface area contributed by atoms with Gasteiger partial charge in [-0.05, 0) is 24.6 Å². The maximum atomic E-state index is 4.07. The molecule has 0 radical (unpaired) electrons. The summed E-state index contributed by atoms with van der Waals surface area (Å²) in [5, 5.41) is 3.06. The molecule has 0 aliphatic carbocycles. The van der Waals surface area contributed by atoms with Crippen molar-refractivity contribution < 1.29 is 0 Å². The van der Waals surface area contributed by atoms with Crippen molar-refractivity contribution in [1.82, 2.24) is 5.32 Å². The summed E-state index contributed by atoms with van der Waals surface area (Å²) in [6.45, 7) is 13.3. The molecule has 0 aromatic rings. The molecule has 3 nitrogen and oxygen atoms in total. The van der Waals surface area contributed by atoms with Crippen molar-refractivity contribution in [1.29, 1.82) is 0 Å². The largest absolute Gasteiger partial charge is 0.366 e.